The molecule has 2 heterocycles. The second-order valence-electron chi connectivity index (χ2n) is 6.74. The third-order valence-corrected chi connectivity index (χ3v) is 6.76. The van der Waals surface area contributed by atoms with E-state index in [1.54, 1.807) is 5.38 Å². The lowest BCUT2D eigenvalue weighted by Crippen LogP contribution is -2.33. The van der Waals surface area contributed by atoms with Crippen molar-refractivity contribution in [2.24, 2.45) is 0 Å². The van der Waals surface area contributed by atoms with Crippen molar-refractivity contribution in [1.82, 2.24) is 4.98 Å². The average Bonchev–Trinajstić information content (AvgIpc) is 3.38. The fourth-order valence-electron chi connectivity index (χ4n) is 3.12. The summed E-state index contributed by atoms with van der Waals surface area (Å²) in [5, 5.41) is 4.28. The van der Waals surface area contributed by atoms with Crippen molar-refractivity contribution >= 4 is 49.9 Å². The summed E-state index contributed by atoms with van der Waals surface area (Å²) < 4.78 is 45.6. The van der Waals surface area contributed by atoms with Crippen molar-refractivity contribution in [2.45, 2.75) is 17.4 Å². The number of halogens is 1. The van der Waals surface area contributed by atoms with Crippen molar-refractivity contribution in [3.63, 3.8) is 0 Å². The summed E-state index contributed by atoms with van der Waals surface area (Å²) in [5.41, 5.74) is 0.681. The number of thiazole rings is 1. The van der Waals surface area contributed by atoms with Crippen LogP contribution in [0, 0.1) is 5.82 Å². The Hall–Kier alpha value is -3.51. The maximum atomic E-state index is 13.2. The monoisotopic (exact) mass is 478 g/mol. The highest BCUT2D eigenvalue weighted by molar-refractivity contribution is 7.93. The van der Waals surface area contributed by atoms with Crippen LogP contribution in [-0.2, 0) is 19.6 Å². The van der Waals surface area contributed by atoms with Crippen LogP contribution in [0.25, 0.3) is 0 Å². The number of carbonyl (C=O) groups is 2. The van der Waals surface area contributed by atoms with Crippen LogP contribution in [0.1, 0.15) is 7.85 Å². The van der Waals surface area contributed by atoms with Gasteiger partial charge in [0.05, 0.1) is 4.90 Å². The summed E-state index contributed by atoms with van der Waals surface area (Å²) in [6, 6.07) is 11.1. The van der Waals surface area contributed by atoms with Crippen LogP contribution >= 0.6 is 11.3 Å². The van der Waals surface area contributed by atoms with Crippen molar-refractivity contribution in [2.75, 3.05) is 21.5 Å². The molecule has 4 rings (SSSR count). The number of ether oxygens (including phenoxy) is 1. The van der Waals surface area contributed by atoms with Crippen molar-refractivity contribution in [3.8, 4) is 0 Å². The summed E-state index contributed by atoms with van der Waals surface area (Å²) >= 11 is 1.15. The van der Waals surface area contributed by atoms with E-state index in [0.717, 1.165) is 17.4 Å². The number of sulfonamides is 1. The molecular formula is C20H19FN4O5S2. The average molecular weight is 479 g/mol. The van der Waals surface area contributed by atoms with Crippen molar-refractivity contribution in [3.05, 3.63) is 65.9 Å². The Balaban J connectivity index is 0.00000306. The Morgan fingerprint density at radius 2 is 2.03 bits per heavy atom. The Bertz CT molecular complexity index is 1240. The summed E-state index contributed by atoms with van der Waals surface area (Å²) in [5.74, 6) is -0.950. The molecule has 1 atom stereocenters. The highest BCUT2D eigenvalue weighted by Crippen LogP contribution is 2.26. The molecule has 1 aliphatic rings. The molecule has 2 amide bonds. The van der Waals surface area contributed by atoms with Crippen LogP contribution in [0.4, 0.5) is 25.7 Å². The molecule has 0 radical (unpaired) electrons. The van der Waals surface area contributed by atoms with Crippen LogP contribution in [0.5, 0.6) is 0 Å². The summed E-state index contributed by atoms with van der Waals surface area (Å²) in [6.45, 7) is 0.292. The molecule has 2 N–H and O–H groups in total. The number of rotatable bonds is 6. The number of aromatic nitrogens is 1. The number of carbonyl (C=O) groups excluding carboxylic acids is 2. The molecule has 0 saturated carbocycles. The largest absolute Gasteiger partial charge is 0.436 e. The fraction of sp³-hybridized carbons (Fsp3) is 0.150. The standard InChI is InChI=1S/C20H17FN4O5S2.H2/c21-13-2-1-3-14(12-13)23-20(27)30-17-8-10-25(18(17)26)15-4-6-16(7-5-15)32(28,29)24-19-22-9-11-31-19;/h1-7,9,11-12,17H,8,10H2,(H,22,24)(H,23,27);1H/t17-;/m0./s1. The SMILES string of the molecule is O=C(Nc1cccc(F)c1)O[C@H]1CCN(c2ccc(S(=O)(=O)Nc3nccs3)cc2)C1=O.[HH]. The Morgan fingerprint density at radius 3 is 2.72 bits per heavy atom. The van der Waals surface area contributed by atoms with E-state index in [-0.39, 0.29) is 23.6 Å². The van der Waals surface area contributed by atoms with Gasteiger partial charge in [-0.05, 0) is 42.5 Å². The van der Waals surface area contributed by atoms with Crippen LogP contribution < -0.4 is 14.9 Å². The van der Waals surface area contributed by atoms with Gasteiger partial charge in [-0.25, -0.2) is 22.6 Å². The minimum absolute atomic E-state index is 0. The maximum Gasteiger partial charge on any atom is 0.412 e. The molecule has 1 aromatic heterocycles. The molecule has 3 aromatic rings. The highest BCUT2D eigenvalue weighted by Gasteiger charge is 2.35. The molecular weight excluding hydrogens is 459 g/mol. The van der Waals surface area contributed by atoms with Gasteiger partial charge in [0.15, 0.2) is 11.2 Å². The first kappa shape index (κ1) is 21.7. The number of hydrogen-bond donors (Lipinski definition) is 2. The van der Waals surface area contributed by atoms with Crippen molar-refractivity contribution in [1.29, 1.82) is 0 Å². The van der Waals surface area contributed by atoms with E-state index in [4.69, 9.17) is 4.74 Å². The van der Waals surface area contributed by atoms with Gasteiger partial charge in [0.25, 0.3) is 15.9 Å². The van der Waals surface area contributed by atoms with Crippen LogP contribution in [-0.4, -0.2) is 38.1 Å². The first-order valence-electron chi connectivity index (χ1n) is 9.39. The Labute approximate surface area is 188 Å². The number of hydrogen-bond acceptors (Lipinski definition) is 7. The molecule has 0 bridgehead atoms. The zero-order valence-electron chi connectivity index (χ0n) is 16.4. The molecule has 168 valence electrons. The summed E-state index contributed by atoms with van der Waals surface area (Å²) in [4.78, 5) is 30.0. The van der Waals surface area contributed by atoms with Crippen molar-refractivity contribution < 1.29 is 28.6 Å². The topological polar surface area (TPSA) is 118 Å². The molecule has 2 aromatic carbocycles. The van der Waals surface area contributed by atoms with E-state index >= 15 is 0 Å². The van der Waals surface area contributed by atoms with Gasteiger partial charge in [-0.2, -0.15) is 0 Å². The van der Waals surface area contributed by atoms with E-state index in [9.17, 15) is 22.4 Å². The zero-order chi connectivity index (χ0) is 22.7. The van der Waals surface area contributed by atoms with Gasteiger partial charge in [-0.3, -0.25) is 14.8 Å². The Morgan fingerprint density at radius 1 is 1.25 bits per heavy atom. The third kappa shape index (κ3) is 4.86. The predicted molar refractivity (Wildman–Crippen MR) is 119 cm³/mol. The molecule has 0 spiro atoms. The van der Waals surface area contributed by atoms with Gasteiger partial charge in [0.1, 0.15) is 5.82 Å². The second-order valence-corrected chi connectivity index (χ2v) is 9.32. The quantitative estimate of drug-likeness (QED) is 0.558. The first-order valence-corrected chi connectivity index (χ1v) is 11.7. The van der Waals surface area contributed by atoms with Crippen LogP contribution in [0.15, 0.2) is 65.0 Å². The number of benzene rings is 2. The maximum absolute atomic E-state index is 13.2. The molecule has 1 aliphatic heterocycles. The number of nitrogens with zero attached hydrogens (tertiary/aromatic N) is 2. The van der Waals surface area contributed by atoms with E-state index in [0.29, 0.717) is 12.2 Å². The van der Waals surface area contributed by atoms with Gasteiger partial charge in [0.2, 0.25) is 0 Å². The molecule has 1 fully saturated rings. The van der Waals surface area contributed by atoms with E-state index in [1.807, 2.05) is 0 Å². The minimum atomic E-state index is -3.81. The lowest BCUT2D eigenvalue weighted by Gasteiger charge is -2.17. The molecule has 9 nitrogen and oxygen atoms in total. The molecule has 0 unspecified atom stereocenters. The smallest absolute Gasteiger partial charge is 0.412 e. The van der Waals surface area contributed by atoms with Gasteiger partial charge in [-0.1, -0.05) is 6.07 Å². The molecule has 0 aliphatic carbocycles. The summed E-state index contributed by atoms with van der Waals surface area (Å²) in [7, 11) is -3.81. The lowest BCUT2D eigenvalue weighted by atomic mass is 10.3. The predicted octanol–water partition coefficient (Wildman–Crippen LogP) is 3.68. The molecule has 12 heteroatoms. The normalized spacial score (nSPS) is 16.1. The number of amides is 2. The zero-order valence-corrected chi connectivity index (χ0v) is 18.0. The van der Waals surface area contributed by atoms with Gasteiger partial charge < -0.3 is 9.64 Å². The van der Waals surface area contributed by atoms with Gasteiger partial charge in [-0.15, -0.1) is 11.3 Å². The van der Waals surface area contributed by atoms with E-state index in [2.05, 4.69) is 15.0 Å². The van der Waals surface area contributed by atoms with E-state index < -0.39 is 33.9 Å². The van der Waals surface area contributed by atoms with Crippen LogP contribution in [0.2, 0.25) is 0 Å². The molecule has 32 heavy (non-hydrogen) atoms. The fourth-order valence-corrected chi connectivity index (χ4v) is 4.90. The number of nitrogens with one attached hydrogen (secondary N) is 2. The number of anilines is 3. The van der Waals surface area contributed by atoms with Gasteiger partial charge >= 0.3 is 6.09 Å². The third-order valence-electron chi connectivity index (χ3n) is 4.59. The van der Waals surface area contributed by atoms with Crippen LogP contribution in [0.3, 0.4) is 0 Å². The molecule has 1 saturated heterocycles. The Kier molecular flexibility index (Phi) is 6.06. The lowest BCUT2D eigenvalue weighted by molar-refractivity contribution is -0.124. The van der Waals surface area contributed by atoms with Gasteiger partial charge in [0, 0.05) is 37.3 Å². The minimum Gasteiger partial charge on any atom is -0.436 e. The highest BCUT2D eigenvalue weighted by atomic mass is 32.2. The second kappa shape index (κ2) is 8.93. The summed E-state index contributed by atoms with van der Waals surface area (Å²) in [6.07, 6.45) is -0.119. The van der Waals surface area contributed by atoms with E-state index in [1.165, 1.54) is 53.6 Å². The first-order chi connectivity index (χ1) is 15.3.